The van der Waals surface area contributed by atoms with E-state index in [9.17, 15) is 14.9 Å². The van der Waals surface area contributed by atoms with Crippen molar-refractivity contribution in [2.75, 3.05) is 6.61 Å². The van der Waals surface area contributed by atoms with Gasteiger partial charge in [-0.05, 0) is 11.6 Å². The summed E-state index contributed by atoms with van der Waals surface area (Å²) in [5.74, 6) is -1.03. The predicted molar refractivity (Wildman–Crippen MR) is 62.9 cm³/mol. The van der Waals surface area contributed by atoms with Gasteiger partial charge in [-0.15, -0.1) is 0 Å². The number of ether oxygens (including phenoxy) is 1. The molecule has 7 nitrogen and oxygen atoms in total. The van der Waals surface area contributed by atoms with E-state index >= 15 is 0 Å². The number of carbonyl (C=O) groups excluding carboxylic acids is 1. The molecule has 18 heavy (non-hydrogen) atoms. The third kappa shape index (κ3) is 3.42. The Morgan fingerprint density at radius 1 is 1.61 bits per heavy atom. The molecule has 0 bridgehead atoms. The van der Waals surface area contributed by atoms with Gasteiger partial charge in [-0.3, -0.25) is 14.9 Å². The largest absolute Gasteiger partial charge is 0.486 e. The minimum absolute atomic E-state index is 0.0331. The van der Waals surface area contributed by atoms with Gasteiger partial charge in [-0.2, -0.15) is 0 Å². The third-order valence-corrected chi connectivity index (χ3v) is 2.38. The molecule has 0 aliphatic rings. The Kier molecular flexibility index (Phi) is 4.61. The third-order valence-electron chi connectivity index (χ3n) is 2.38. The van der Waals surface area contributed by atoms with E-state index in [1.165, 1.54) is 18.2 Å². The molecule has 0 spiro atoms. The lowest BCUT2D eigenvalue weighted by atomic mass is 10.2. The summed E-state index contributed by atoms with van der Waals surface area (Å²) in [4.78, 5) is 21.0. The topological polar surface area (TPSA) is 116 Å². The Morgan fingerprint density at radius 3 is 2.78 bits per heavy atom. The van der Waals surface area contributed by atoms with Crippen LogP contribution in [0.3, 0.4) is 0 Å². The zero-order valence-electron chi connectivity index (χ0n) is 9.83. The fraction of sp³-hybridized carbons (Fsp3) is 0.364. The van der Waals surface area contributed by atoms with Gasteiger partial charge in [-0.25, -0.2) is 0 Å². The summed E-state index contributed by atoms with van der Waals surface area (Å²) in [5.41, 5.74) is 5.22. The number of nitro groups is 1. The number of nitrogens with two attached hydrogens (primary N) is 1. The molecule has 0 aliphatic carbocycles. The predicted octanol–water partition coefficient (Wildman–Crippen LogP) is 0.587. The molecule has 1 atom stereocenters. The highest BCUT2D eigenvalue weighted by Gasteiger charge is 2.18. The van der Waals surface area contributed by atoms with E-state index in [0.717, 1.165) is 0 Å². The van der Waals surface area contributed by atoms with Gasteiger partial charge in [0, 0.05) is 6.07 Å². The minimum Gasteiger partial charge on any atom is -0.486 e. The van der Waals surface area contributed by atoms with Gasteiger partial charge in [-0.1, -0.05) is 13.0 Å². The van der Waals surface area contributed by atoms with Crippen LogP contribution in [0.5, 0.6) is 5.75 Å². The SMILES string of the molecule is CC(COc1ccc(CO)cc1[N+](=O)[O-])C(N)=O. The molecule has 0 aromatic heterocycles. The first-order chi connectivity index (χ1) is 8.45. The van der Waals surface area contributed by atoms with Gasteiger partial charge in [0.1, 0.15) is 0 Å². The summed E-state index contributed by atoms with van der Waals surface area (Å²) in [7, 11) is 0. The Balaban J connectivity index is 2.88. The Hall–Kier alpha value is -2.15. The number of hydrogen-bond acceptors (Lipinski definition) is 5. The van der Waals surface area contributed by atoms with Crippen LogP contribution in [-0.2, 0) is 11.4 Å². The number of rotatable bonds is 6. The molecule has 0 radical (unpaired) electrons. The Morgan fingerprint density at radius 2 is 2.28 bits per heavy atom. The van der Waals surface area contributed by atoms with Crippen molar-refractivity contribution < 1.29 is 19.6 Å². The second kappa shape index (κ2) is 5.97. The Bertz CT molecular complexity index is 461. The van der Waals surface area contributed by atoms with Crippen molar-refractivity contribution in [2.24, 2.45) is 11.7 Å². The fourth-order valence-electron chi connectivity index (χ4n) is 1.22. The van der Waals surface area contributed by atoms with Crippen LogP contribution >= 0.6 is 0 Å². The van der Waals surface area contributed by atoms with Crippen molar-refractivity contribution in [3.05, 3.63) is 33.9 Å². The van der Waals surface area contributed by atoms with Crippen LogP contribution < -0.4 is 10.5 Å². The average molecular weight is 254 g/mol. The maximum Gasteiger partial charge on any atom is 0.311 e. The summed E-state index contributed by atoms with van der Waals surface area (Å²) in [6.45, 7) is 1.24. The van der Waals surface area contributed by atoms with E-state index in [4.69, 9.17) is 15.6 Å². The zero-order chi connectivity index (χ0) is 13.7. The molecule has 0 heterocycles. The zero-order valence-corrected chi connectivity index (χ0v) is 9.83. The molecule has 1 aromatic carbocycles. The molecular weight excluding hydrogens is 240 g/mol. The lowest BCUT2D eigenvalue weighted by molar-refractivity contribution is -0.386. The van der Waals surface area contributed by atoms with E-state index < -0.39 is 16.7 Å². The molecule has 98 valence electrons. The first-order valence-corrected chi connectivity index (χ1v) is 5.26. The van der Waals surface area contributed by atoms with Crippen molar-refractivity contribution in [3.8, 4) is 5.75 Å². The number of aliphatic hydroxyl groups is 1. The first-order valence-electron chi connectivity index (χ1n) is 5.26. The van der Waals surface area contributed by atoms with Crippen LogP contribution in [-0.4, -0.2) is 22.5 Å². The molecule has 0 aliphatic heterocycles. The number of nitro benzene ring substituents is 1. The van der Waals surface area contributed by atoms with Gasteiger partial charge < -0.3 is 15.6 Å². The number of aliphatic hydroxyl groups excluding tert-OH is 1. The molecule has 1 aromatic rings. The molecule has 7 heteroatoms. The maximum absolute atomic E-state index is 10.8. The molecule has 1 unspecified atom stereocenters. The second-order valence-corrected chi connectivity index (χ2v) is 3.83. The molecule has 0 saturated carbocycles. The van der Waals surface area contributed by atoms with Crippen LogP contribution in [0.4, 0.5) is 5.69 Å². The van der Waals surface area contributed by atoms with E-state index in [2.05, 4.69) is 0 Å². The number of carbonyl (C=O) groups is 1. The van der Waals surface area contributed by atoms with E-state index in [0.29, 0.717) is 5.56 Å². The number of nitrogens with zero attached hydrogens (tertiary/aromatic N) is 1. The van der Waals surface area contributed by atoms with Crippen molar-refractivity contribution in [1.29, 1.82) is 0 Å². The number of benzene rings is 1. The van der Waals surface area contributed by atoms with E-state index in [1.807, 2.05) is 0 Å². The summed E-state index contributed by atoms with van der Waals surface area (Å²) < 4.78 is 5.20. The standard InChI is InChI=1S/C11H14N2O5/c1-7(11(12)15)6-18-10-3-2-8(5-14)4-9(10)13(16)17/h2-4,7,14H,5-6H2,1H3,(H2,12,15). The smallest absolute Gasteiger partial charge is 0.311 e. The summed E-state index contributed by atoms with van der Waals surface area (Å²) in [6.07, 6.45) is 0. The van der Waals surface area contributed by atoms with Gasteiger partial charge in [0.25, 0.3) is 0 Å². The highest BCUT2D eigenvalue weighted by Crippen LogP contribution is 2.28. The van der Waals surface area contributed by atoms with Gasteiger partial charge in [0.05, 0.1) is 24.1 Å². The molecule has 1 amide bonds. The van der Waals surface area contributed by atoms with Crippen molar-refractivity contribution >= 4 is 11.6 Å². The van der Waals surface area contributed by atoms with E-state index in [-0.39, 0.29) is 24.7 Å². The van der Waals surface area contributed by atoms with Crippen LogP contribution in [0.1, 0.15) is 12.5 Å². The Labute approximate surface area is 103 Å². The van der Waals surface area contributed by atoms with Crippen molar-refractivity contribution in [2.45, 2.75) is 13.5 Å². The minimum atomic E-state index is -0.608. The molecular formula is C11H14N2O5. The monoisotopic (exact) mass is 254 g/mol. The van der Waals surface area contributed by atoms with Gasteiger partial charge >= 0.3 is 5.69 Å². The average Bonchev–Trinajstić information content (AvgIpc) is 2.35. The first kappa shape index (κ1) is 13.9. The van der Waals surface area contributed by atoms with Crippen LogP contribution in [0.2, 0.25) is 0 Å². The second-order valence-electron chi connectivity index (χ2n) is 3.83. The molecule has 0 saturated heterocycles. The molecule has 0 fully saturated rings. The lowest BCUT2D eigenvalue weighted by Gasteiger charge is -2.10. The van der Waals surface area contributed by atoms with Crippen molar-refractivity contribution in [1.82, 2.24) is 0 Å². The quantitative estimate of drug-likeness (QED) is 0.569. The summed E-state index contributed by atoms with van der Waals surface area (Å²) in [6, 6.07) is 4.12. The van der Waals surface area contributed by atoms with E-state index in [1.54, 1.807) is 6.92 Å². The maximum atomic E-state index is 10.8. The summed E-state index contributed by atoms with van der Waals surface area (Å²) in [5, 5.41) is 19.7. The van der Waals surface area contributed by atoms with Gasteiger partial charge in [0.15, 0.2) is 5.75 Å². The van der Waals surface area contributed by atoms with Crippen LogP contribution in [0.15, 0.2) is 18.2 Å². The lowest BCUT2D eigenvalue weighted by Crippen LogP contribution is -2.25. The number of primary amides is 1. The highest BCUT2D eigenvalue weighted by molar-refractivity contribution is 5.76. The summed E-state index contributed by atoms with van der Waals surface area (Å²) >= 11 is 0. The number of hydrogen-bond donors (Lipinski definition) is 2. The van der Waals surface area contributed by atoms with Crippen LogP contribution in [0.25, 0.3) is 0 Å². The van der Waals surface area contributed by atoms with Gasteiger partial charge in [0.2, 0.25) is 5.91 Å². The normalized spacial score (nSPS) is 11.9. The fourth-order valence-corrected chi connectivity index (χ4v) is 1.22. The highest BCUT2D eigenvalue weighted by atomic mass is 16.6. The van der Waals surface area contributed by atoms with Crippen LogP contribution in [0, 0.1) is 16.0 Å². The van der Waals surface area contributed by atoms with Crippen molar-refractivity contribution in [3.63, 3.8) is 0 Å². The number of amides is 1. The molecule has 1 rings (SSSR count). The molecule has 3 N–H and O–H groups in total.